The van der Waals surface area contributed by atoms with Gasteiger partial charge in [-0.3, -0.25) is 14.6 Å². The molecule has 1 amide bonds. The highest BCUT2D eigenvalue weighted by Crippen LogP contribution is 2.33. The SMILES string of the molecule is Cc1cc(C)c2nc(N(CCN3CCOCC3)C(=O)c3ccc4ncsc4c3)sc2c1. The van der Waals surface area contributed by atoms with Crippen molar-refractivity contribution in [3.8, 4) is 0 Å². The lowest BCUT2D eigenvalue weighted by Gasteiger charge is -2.29. The molecule has 6 nitrogen and oxygen atoms in total. The summed E-state index contributed by atoms with van der Waals surface area (Å²) in [6.45, 7) is 8.85. The number of carbonyl (C=O) groups excluding carboxylic acids is 1. The summed E-state index contributed by atoms with van der Waals surface area (Å²) in [6, 6.07) is 10.0. The molecule has 3 heterocycles. The molecule has 1 aliphatic rings. The number of carbonyl (C=O) groups is 1. The standard InChI is InChI=1S/C23H24N4O2S2/c1-15-11-16(2)21-20(12-15)31-23(25-21)27(6-5-26-7-9-29-10-8-26)22(28)17-3-4-18-19(13-17)30-14-24-18/h3-4,11-14H,5-10H2,1-2H3. The number of hydrogen-bond acceptors (Lipinski definition) is 7. The van der Waals surface area contributed by atoms with Gasteiger partial charge in [-0.1, -0.05) is 17.4 Å². The average molecular weight is 453 g/mol. The van der Waals surface area contributed by atoms with Crippen LogP contribution in [0.1, 0.15) is 21.5 Å². The molecule has 1 fully saturated rings. The normalized spacial score (nSPS) is 15.0. The van der Waals surface area contributed by atoms with E-state index in [1.807, 2.05) is 28.6 Å². The van der Waals surface area contributed by atoms with Gasteiger partial charge in [-0.25, -0.2) is 9.97 Å². The zero-order chi connectivity index (χ0) is 21.4. The van der Waals surface area contributed by atoms with Crippen molar-refractivity contribution in [1.29, 1.82) is 0 Å². The van der Waals surface area contributed by atoms with Crippen molar-refractivity contribution < 1.29 is 9.53 Å². The number of hydrogen-bond donors (Lipinski definition) is 0. The first kappa shape index (κ1) is 20.5. The van der Waals surface area contributed by atoms with Crippen molar-refractivity contribution in [2.75, 3.05) is 44.3 Å². The Hall–Kier alpha value is -2.39. The quantitative estimate of drug-likeness (QED) is 0.446. The van der Waals surface area contributed by atoms with Crippen LogP contribution in [0.4, 0.5) is 5.13 Å². The number of amides is 1. The van der Waals surface area contributed by atoms with Gasteiger partial charge in [0.05, 0.1) is 39.2 Å². The lowest BCUT2D eigenvalue weighted by Crippen LogP contribution is -2.43. The minimum atomic E-state index is -0.0167. The number of benzene rings is 2. The third-order valence-corrected chi connectivity index (χ3v) is 7.43. The third-order valence-electron chi connectivity index (χ3n) is 5.62. The fourth-order valence-corrected chi connectivity index (χ4v) is 5.85. The van der Waals surface area contributed by atoms with Gasteiger partial charge in [-0.05, 0) is 49.2 Å². The number of ether oxygens (including phenoxy) is 1. The molecule has 5 rings (SSSR count). The van der Waals surface area contributed by atoms with Gasteiger partial charge < -0.3 is 4.74 Å². The molecule has 2 aromatic heterocycles. The van der Waals surface area contributed by atoms with Gasteiger partial charge >= 0.3 is 0 Å². The van der Waals surface area contributed by atoms with Crippen LogP contribution in [-0.2, 0) is 4.74 Å². The summed E-state index contributed by atoms with van der Waals surface area (Å²) in [7, 11) is 0. The molecular formula is C23H24N4O2S2. The molecule has 0 N–H and O–H groups in total. The van der Waals surface area contributed by atoms with Gasteiger partial charge in [0.2, 0.25) is 0 Å². The Kier molecular flexibility index (Phi) is 5.71. The van der Waals surface area contributed by atoms with Gasteiger partial charge in [0.1, 0.15) is 0 Å². The van der Waals surface area contributed by atoms with Crippen LogP contribution < -0.4 is 4.90 Å². The van der Waals surface area contributed by atoms with Crippen LogP contribution in [0.2, 0.25) is 0 Å². The molecule has 31 heavy (non-hydrogen) atoms. The number of aromatic nitrogens is 2. The second-order valence-corrected chi connectivity index (χ2v) is 9.77. The van der Waals surface area contributed by atoms with E-state index in [9.17, 15) is 4.79 Å². The molecule has 0 saturated carbocycles. The van der Waals surface area contributed by atoms with Crippen LogP contribution in [0.3, 0.4) is 0 Å². The maximum atomic E-state index is 13.6. The fourth-order valence-electron chi connectivity index (χ4n) is 3.97. The van der Waals surface area contributed by atoms with Crippen LogP contribution in [0.5, 0.6) is 0 Å². The maximum absolute atomic E-state index is 13.6. The number of fused-ring (bicyclic) bond motifs is 2. The van der Waals surface area contributed by atoms with E-state index in [0.717, 1.165) is 64.0 Å². The Morgan fingerprint density at radius 1 is 1.16 bits per heavy atom. The van der Waals surface area contributed by atoms with Crippen LogP contribution in [0.25, 0.3) is 20.4 Å². The van der Waals surface area contributed by atoms with Crippen molar-refractivity contribution in [1.82, 2.24) is 14.9 Å². The molecule has 4 aromatic rings. The van der Waals surface area contributed by atoms with Gasteiger partial charge in [0.15, 0.2) is 5.13 Å². The molecule has 0 atom stereocenters. The third kappa shape index (κ3) is 4.21. The highest BCUT2D eigenvalue weighted by molar-refractivity contribution is 7.22. The number of rotatable bonds is 5. The van der Waals surface area contributed by atoms with Gasteiger partial charge in [0, 0.05) is 31.7 Å². The molecule has 2 aromatic carbocycles. The molecular weight excluding hydrogens is 428 g/mol. The van der Waals surface area contributed by atoms with Crippen LogP contribution >= 0.6 is 22.7 Å². The van der Waals surface area contributed by atoms with E-state index in [0.29, 0.717) is 12.1 Å². The first-order valence-electron chi connectivity index (χ1n) is 10.4. The van der Waals surface area contributed by atoms with Crippen molar-refractivity contribution in [3.05, 3.63) is 52.5 Å². The smallest absolute Gasteiger partial charge is 0.260 e. The molecule has 1 aliphatic heterocycles. The van der Waals surface area contributed by atoms with E-state index in [2.05, 4.69) is 35.9 Å². The maximum Gasteiger partial charge on any atom is 0.260 e. The van der Waals surface area contributed by atoms with Crippen molar-refractivity contribution in [2.24, 2.45) is 0 Å². The Morgan fingerprint density at radius 3 is 2.84 bits per heavy atom. The lowest BCUT2D eigenvalue weighted by molar-refractivity contribution is 0.0391. The van der Waals surface area contributed by atoms with E-state index >= 15 is 0 Å². The van der Waals surface area contributed by atoms with Crippen molar-refractivity contribution in [2.45, 2.75) is 13.8 Å². The summed E-state index contributed by atoms with van der Waals surface area (Å²) in [5.74, 6) is -0.0167. The second-order valence-electron chi connectivity index (χ2n) is 7.87. The molecule has 160 valence electrons. The number of nitrogens with zero attached hydrogens (tertiary/aromatic N) is 4. The zero-order valence-electron chi connectivity index (χ0n) is 17.6. The topological polar surface area (TPSA) is 58.6 Å². The van der Waals surface area contributed by atoms with E-state index in [-0.39, 0.29) is 5.91 Å². The van der Waals surface area contributed by atoms with Crippen LogP contribution in [0.15, 0.2) is 35.8 Å². The average Bonchev–Trinajstić information content (AvgIpc) is 3.41. The molecule has 0 aliphatic carbocycles. The predicted molar refractivity (Wildman–Crippen MR) is 128 cm³/mol. The predicted octanol–water partition coefficient (Wildman–Crippen LogP) is 4.50. The van der Waals surface area contributed by atoms with E-state index < -0.39 is 0 Å². The highest BCUT2D eigenvalue weighted by Gasteiger charge is 2.23. The largest absolute Gasteiger partial charge is 0.379 e. The summed E-state index contributed by atoms with van der Waals surface area (Å²) in [5, 5.41) is 0.756. The fraction of sp³-hybridized carbons (Fsp3) is 0.348. The molecule has 0 unspecified atom stereocenters. The first-order valence-corrected chi connectivity index (χ1v) is 12.1. The van der Waals surface area contributed by atoms with Crippen LogP contribution in [0, 0.1) is 13.8 Å². The Morgan fingerprint density at radius 2 is 2.00 bits per heavy atom. The number of aryl methyl sites for hydroxylation is 2. The summed E-state index contributed by atoms with van der Waals surface area (Å²) in [5.41, 5.74) is 6.74. The molecule has 0 radical (unpaired) electrons. The Bertz CT molecular complexity index is 1240. The van der Waals surface area contributed by atoms with E-state index in [1.54, 1.807) is 22.7 Å². The van der Waals surface area contributed by atoms with Crippen LogP contribution in [-0.4, -0.2) is 60.2 Å². The second kappa shape index (κ2) is 8.63. The summed E-state index contributed by atoms with van der Waals surface area (Å²) < 4.78 is 7.61. The number of anilines is 1. The highest BCUT2D eigenvalue weighted by atomic mass is 32.1. The Labute approximate surface area is 189 Å². The summed E-state index contributed by atoms with van der Waals surface area (Å²) in [4.78, 5) is 27.1. The Balaban J connectivity index is 1.50. The van der Waals surface area contributed by atoms with Gasteiger partial charge in [-0.2, -0.15) is 0 Å². The summed E-state index contributed by atoms with van der Waals surface area (Å²) >= 11 is 3.14. The summed E-state index contributed by atoms with van der Waals surface area (Å²) in [6.07, 6.45) is 0. The molecule has 8 heteroatoms. The van der Waals surface area contributed by atoms with Gasteiger partial charge in [-0.15, -0.1) is 11.3 Å². The van der Waals surface area contributed by atoms with E-state index in [1.165, 1.54) is 5.56 Å². The minimum Gasteiger partial charge on any atom is -0.379 e. The minimum absolute atomic E-state index is 0.0167. The first-order chi connectivity index (χ1) is 15.1. The molecule has 0 spiro atoms. The van der Waals surface area contributed by atoms with Crippen molar-refractivity contribution in [3.63, 3.8) is 0 Å². The van der Waals surface area contributed by atoms with Crippen molar-refractivity contribution >= 4 is 54.1 Å². The number of thiazole rings is 2. The zero-order valence-corrected chi connectivity index (χ0v) is 19.3. The van der Waals surface area contributed by atoms with E-state index in [4.69, 9.17) is 9.72 Å². The lowest BCUT2D eigenvalue weighted by atomic mass is 10.1. The molecule has 1 saturated heterocycles. The molecule has 0 bridgehead atoms. The number of morpholine rings is 1. The monoisotopic (exact) mass is 452 g/mol. The van der Waals surface area contributed by atoms with Gasteiger partial charge in [0.25, 0.3) is 5.91 Å².